The van der Waals surface area contributed by atoms with Gasteiger partial charge in [-0.05, 0) is 56.0 Å². The average Bonchev–Trinajstić information content (AvgIpc) is 2.65. The van der Waals surface area contributed by atoms with E-state index in [2.05, 4.69) is 35.4 Å². The zero-order chi connectivity index (χ0) is 18.5. The van der Waals surface area contributed by atoms with E-state index in [0.717, 1.165) is 40.8 Å². The fourth-order valence-electron chi connectivity index (χ4n) is 3.18. The molecule has 0 heterocycles. The molecule has 0 unspecified atom stereocenters. The van der Waals surface area contributed by atoms with Gasteiger partial charge in [0.2, 0.25) is 0 Å². The van der Waals surface area contributed by atoms with Gasteiger partial charge in [0.15, 0.2) is 0 Å². The molecular weight excluding hydrogens is 322 g/mol. The minimum Gasteiger partial charge on any atom is -0.372 e. The van der Waals surface area contributed by atoms with E-state index in [1.165, 1.54) is 5.69 Å². The fraction of sp³-hybridized carbons (Fsp3) is 0.227. The summed E-state index contributed by atoms with van der Waals surface area (Å²) in [7, 11) is 0. The van der Waals surface area contributed by atoms with Gasteiger partial charge in [-0.1, -0.05) is 36.4 Å². The summed E-state index contributed by atoms with van der Waals surface area (Å²) in [6.07, 6.45) is 0. The molecule has 4 nitrogen and oxygen atoms in total. The lowest BCUT2D eigenvalue weighted by molar-refractivity contribution is 0.262. The number of benzene rings is 3. The molecule has 4 heteroatoms. The van der Waals surface area contributed by atoms with E-state index in [-0.39, 0.29) is 6.03 Å². The van der Waals surface area contributed by atoms with Crippen LogP contribution in [0.4, 0.5) is 21.9 Å². The van der Waals surface area contributed by atoms with Crippen LogP contribution < -0.4 is 15.5 Å². The molecule has 0 aliphatic carbocycles. The molecule has 0 radical (unpaired) electrons. The van der Waals surface area contributed by atoms with Gasteiger partial charge in [-0.25, -0.2) is 4.79 Å². The van der Waals surface area contributed by atoms with Crippen LogP contribution in [0.1, 0.15) is 19.4 Å². The van der Waals surface area contributed by atoms with Crippen molar-refractivity contribution in [3.05, 3.63) is 66.2 Å². The van der Waals surface area contributed by atoms with Crippen LogP contribution in [-0.4, -0.2) is 19.1 Å². The van der Waals surface area contributed by atoms with Crippen LogP contribution in [0.2, 0.25) is 0 Å². The fourth-order valence-corrected chi connectivity index (χ4v) is 3.18. The van der Waals surface area contributed by atoms with Gasteiger partial charge in [0, 0.05) is 29.9 Å². The number of hydrogen-bond donors (Lipinski definition) is 2. The van der Waals surface area contributed by atoms with Crippen LogP contribution in [-0.2, 0) is 0 Å². The third kappa shape index (κ3) is 3.80. The lowest BCUT2D eigenvalue weighted by Gasteiger charge is -2.22. The maximum Gasteiger partial charge on any atom is 0.323 e. The van der Waals surface area contributed by atoms with Crippen LogP contribution in [0.3, 0.4) is 0 Å². The van der Waals surface area contributed by atoms with E-state index < -0.39 is 0 Å². The van der Waals surface area contributed by atoms with Gasteiger partial charge in [0.05, 0.1) is 5.69 Å². The van der Waals surface area contributed by atoms with Gasteiger partial charge in [0.25, 0.3) is 0 Å². The second-order valence-corrected chi connectivity index (χ2v) is 6.28. The molecule has 26 heavy (non-hydrogen) atoms. The van der Waals surface area contributed by atoms with Crippen molar-refractivity contribution in [1.29, 1.82) is 0 Å². The number of nitrogens with zero attached hydrogens (tertiary/aromatic N) is 1. The number of hydrogen-bond acceptors (Lipinski definition) is 2. The molecule has 0 bridgehead atoms. The van der Waals surface area contributed by atoms with Crippen molar-refractivity contribution in [2.75, 3.05) is 28.6 Å². The number of amides is 2. The first-order chi connectivity index (χ1) is 12.6. The predicted molar refractivity (Wildman–Crippen MR) is 111 cm³/mol. The van der Waals surface area contributed by atoms with Gasteiger partial charge >= 0.3 is 6.03 Å². The maximum atomic E-state index is 12.5. The van der Waals surface area contributed by atoms with Crippen LogP contribution in [0.25, 0.3) is 10.8 Å². The summed E-state index contributed by atoms with van der Waals surface area (Å²) >= 11 is 0. The molecule has 3 aromatic rings. The maximum absolute atomic E-state index is 12.5. The largest absolute Gasteiger partial charge is 0.372 e. The Balaban J connectivity index is 1.76. The van der Waals surface area contributed by atoms with Crippen LogP contribution in [0.15, 0.2) is 60.7 Å². The molecule has 0 saturated carbocycles. The van der Waals surface area contributed by atoms with Crippen molar-refractivity contribution in [3.8, 4) is 0 Å². The van der Waals surface area contributed by atoms with E-state index in [1.54, 1.807) is 0 Å². The Bertz CT molecular complexity index is 911. The summed E-state index contributed by atoms with van der Waals surface area (Å²) in [6, 6.07) is 19.8. The summed E-state index contributed by atoms with van der Waals surface area (Å²) in [5, 5.41) is 8.05. The average molecular weight is 347 g/mol. The molecule has 134 valence electrons. The lowest BCUT2D eigenvalue weighted by atomic mass is 10.1. The highest BCUT2D eigenvalue weighted by atomic mass is 16.2. The molecule has 0 aliphatic rings. The molecule has 0 fully saturated rings. The number of rotatable bonds is 5. The van der Waals surface area contributed by atoms with Crippen molar-refractivity contribution in [3.63, 3.8) is 0 Å². The number of carbonyl (C=O) groups excluding carboxylic acids is 1. The van der Waals surface area contributed by atoms with Crippen molar-refractivity contribution in [2.24, 2.45) is 0 Å². The van der Waals surface area contributed by atoms with E-state index in [1.807, 2.05) is 61.5 Å². The highest BCUT2D eigenvalue weighted by Crippen LogP contribution is 2.25. The number of carbonyl (C=O) groups is 1. The van der Waals surface area contributed by atoms with Gasteiger partial charge in [-0.2, -0.15) is 0 Å². The SMILES string of the molecule is CCN(CC)c1ccc(NC(=O)Nc2cccc3ccccc23)c(C)c1. The van der Waals surface area contributed by atoms with Gasteiger partial charge in [0.1, 0.15) is 0 Å². The molecule has 0 atom stereocenters. The third-order valence-electron chi connectivity index (χ3n) is 4.62. The first kappa shape index (κ1) is 17.8. The highest BCUT2D eigenvalue weighted by Gasteiger charge is 2.09. The van der Waals surface area contributed by atoms with E-state index >= 15 is 0 Å². The minimum atomic E-state index is -0.236. The summed E-state index contributed by atoms with van der Waals surface area (Å²) in [6.45, 7) is 8.22. The van der Waals surface area contributed by atoms with Crippen molar-refractivity contribution >= 4 is 33.9 Å². The molecular formula is C22H25N3O. The highest BCUT2D eigenvalue weighted by molar-refractivity contribution is 6.06. The topological polar surface area (TPSA) is 44.4 Å². The lowest BCUT2D eigenvalue weighted by Crippen LogP contribution is -2.22. The Kier molecular flexibility index (Phi) is 5.42. The Morgan fingerprint density at radius 1 is 0.885 bits per heavy atom. The monoisotopic (exact) mass is 347 g/mol. The normalized spacial score (nSPS) is 10.6. The van der Waals surface area contributed by atoms with Gasteiger partial charge in [-0.3, -0.25) is 0 Å². The predicted octanol–water partition coefficient (Wildman–Crippen LogP) is 5.64. The smallest absolute Gasteiger partial charge is 0.323 e. The molecule has 2 N–H and O–H groups in total. The van der Waals surface area contributed by atoms with Gasteiger partial charge in [-0.15, -0.1) is 0 Å². The van der Waals surface area contributed by atoms with Crippen molar-refractivity contribution < 1.29 is 4.79 Å². The Hall–Kier alpha value is -3.01. The number of aryl methyl sites for hydroxylation is 1. The molecule has 0 saturated heterocycles. The summed E-state index contributed by atoms with van der Waals surface area (Å²) in [5.74, 6) is 0. The molecule has 3 rings (SSSR count). The first-order valence-electron chi connectivity index (χ1n) is 9.03. The quantitative estimate of drug-likeness (QED) is 0.627. The third-order valence-corrected chi connectivity index (χ3v) is 4.62. The molecule has 0 aliphatic heterocycles. The van der Waals surface area contributed by atoms with Crippen LogP contribution in [0, 0.1) is 6.92 Å². The number of nitrogens with one attached hydrogen (secondary N) is 2. The first-order valence-corrected chi connectivity index (χ1v) is 9.03. The van der Waals surface area contributed by atoms with Crippen LogP contribution >= 0.6 is 0 Å². The Labute approximate surface area is 154 Å². The van der Waals surface area contributed by atoms with Crippen molar-refractivity contribution in [2.45, 2.75) is 20.8 Å². The summed E-state index contributed by atoms with van der Waals surface area (Å²) in [5.41, 5.74) is 3.84. The Morgan fingerprint density at radius 2 is 1.58 bits per heavy atom. The number of fused-ring (bicyclic) bond motifs is 1. The molecule has 0 aromatic heterocycles. The number of urea groups is 1. The van der Waals surface area contributed by atoms with Gasteiger partial charge < -0.3 is 15.5 Å². The zero-order valence-corrected chi connectivity index (χ0v) is 15.5. The van der Waals surface area contributed by atoms with E-state index in [9.17, 15) is 4.79 Å². The number of anilines is 3. The molecule has 0 spiro atoms. The summed E-state index contributed by atoms with van der Waals surface area (Å²) < 4.78 is 0. The van der Waals surface area contributed by atoms with E-state index in [4.69, 9.17) is 0 Å². The van der Waals surface area contributed by atoms with E-state index in [0.29, 0.717) is 0 Å². The second kappa shape index (κ2) is 7.91. The zero-order valence-electron chi connectivity index (χ0n) is 15.5. The molecule has 3 aromatic carbocycles. The van der Waals surface area contributed by atoms with Crippen LogP contribution in [0.5, 0.6) is 0 Å². The van der Waals surface area contributed by atoms with Crippen molar-refractivity contribution in [1.82, 2.24) is 0 Å². The standard InChI is InChI=1S/C22H25N3O/c1-4-25(5-2)18-13-14-20(16(3)15-18)23-22(26)24-21-12-8-10-17-9-6-7-11-19(17)21/h6-15H,4-5H2,1-3H3,(H2,23,24,26). The minimum absolute atomic E-state index is 0.236. The summed E-state index contributed by atoms with van der Waals surface area (Å²) in [4.78, 5) is 14.8. The molecule has 2 amide bonds. The second-order valence-electron chi connectivity index (χ2n) is 6.28. The Morgan fingerprint density at radius 3 is 2.31 bits per heavy atom.